The number of anilines is 1. The number of carbonyl (C=O) groups excluding carboxylic acids is 1. The predicted molar refractivity (Wildman–Crippen MR) is 87.0 cm³/mol. The van der Waals surface area contributed by atoms with Crippen LogP contribution in [0, 0.1) is 0 Å². The Bertz CT molecular complexity index is 561. The summed E-state index contributed by atoms with van der Waals surface area (Å²) in [5.74, 6) is 0.647. The summed E-state index contributed by atoms with van der Waals surface area (Å²) in [5, 5.41) is 5.93. The van der Waals surface area contributed by atoms with Crippen molar-refractivity contribution in [1.29, 1.82) is 0 Å². The quantitative estimate of drug-likeness (QED) is 0.863. The van der Waals surface area contributed by atoms with Crippen molar-refractivity contribution in [2.45, 2.75) is 6.54 Å². The lowest BCUT2D eigenvalue weighted by Gasteiger charge is -2.08. The zero-order valence-electron chi connectivity index (χ0n) is 11.8. The number of rotatable bonds is 6. The maximum atomic E-state index is 11.8. The smallest absolute Gasteiger partial charge is 0.238 e. The van der Waals surface area contributed by atoms with Gasteiger partial charge in [-0.15, -0.1) is 12.4 Å². The van der Waals surface area contributed by atoms with Crippen LogP contribution >= 0.6 is 12.4 Å². The van der Waals surface area contributed by atoms with Crippen molar-refractivity contribution in [2.24, 2.45) is 0 Å². The molecule has 0 aromatic heterocycles. The van der Waals surface area contributed by atoms with Crippen molar-refractivity contribution < 1.29 is 9.53 Å². The van der Waals surface area contributed by atoms with Crippen LogP contribution in [0.15, 0.2) is 54.6 Å². The zero-order chi connectivity index (χ0) is 14.2. The minimum Gasteiger partial charge on any atom is -0.497 e. The Morgan fingerprint density at radius 1 is 1.10 bits per heavy atom. The van der Waals surface area contributed by atoms with E-state index in [9.17, 15) is 4.79 Å². The molecular weight excluding hydrogens is 288 g/mol. The molecule has 0 heterocycles. The van der Waals surface area contributed by atoms with Gasteiger partial charge in [-0.05, 0) is 17.7 Å². The van der Waals surface area contributed by atoms with E-state index in [4.69, 9.17) is 4.74 Å². The summed E-state index contributed by atoms with van der Waals surface area (Å²) in [7, 11) is 1.60. The molecule has 0 aliphatic rings. The summed E-state index contributed by atoms with van der Waals surface area (Å²) in [5.41, 5.74) is 1.89. The first kappa shape index (κ1) is 17.0. The second-order valence-electron chi connectivity index (χ2n) is 4.37. The molecule has 4 nitrogen and oxygen atoms in total. The number of ether oxygens (including phenoxy) is 1. The number of hydrogen-bond donors (Lipinski definition) is 2. The Labute approximate surface area is 130 Å². The van der Waals surface area contributed by atoms with Crippen LogP contribution in [-0.2, 0) is 11.3 Å². The molecule has 112 valence electrons. The van der Waals surface area contributed by atoms with Gasteiger partial charge in [0.25, 0.3) is 0 Å². The minimum atomic E-state index is -0.0748. The highest BCUT2D eigenvalue weighted by Gasteiger charge is 2.02. The van der Waals surface area contributed by atoms with Crippen LogP contribution in [0.2, 0.25) is 0 Å². The number of nitrogens with one attached hydrogen (secondary N) is 2. The molecule has 2 aromatic carbocycles. The van der Waals surface area contributed by atoms with Gasteiger partial charge in [0.15, 0.2) is 0 Å². The summed E-state index contributed by atoms with van der Waals surface area (Å²) in [6.45, 7) is 0.943. The topological polar surface area (TPSA) is 50.4 Å². The number of hydrogen-bond acceptors (Lipinski definition) is 3. The van der Waals surface area contributed by atoms with Crippen LogP contribution in [0.3, 0.4) is 0 Å². The van der Waals surface area contributed by atoms with E-state index >= 15 is 0 Å². The third kappa shape index (κ3) is 5.85. The van der Waals surface area contributed by atoms with Crippen LogP contribution < -0.4 is 15.4 Å². The fourth-order valence-electron chi connectivity index (χ4n) is 1.82. The molecule has 0 aliphatic carbocycles. The molecule has 0 saturated carbocycles. The first-order valence-electron chi connectivity index (χ1n) is 6.46. The van der Waals surface area contributed by atoms with E-state index in [1.54, 1.807) is 13.2 Å². The SMILES string of the molecule is COc1cccc(NC(=O)CNCc2ccccc2)c1.Cl. The van der Waals surface area contributed by atoms with Crippen molar-refractivity contribution in [2.75, 3.05) is 19.0 Å². The van der Waals surface area contributed by atoms with Crippen LogP contribution in [0.25, 0.3) is 0 Å². The first-order chi connectivity index (χ1) is 9.78. The van der Waals surface area contributed by atoms with Gasteiger partial charge in [-0.2, -0.15) is 0 Å². The largest absolute Gasteiger partial charge is 0.497 e. The Kier molecular flexibility index (Phi) is 7.29. The van der Waals surface area contributed by atoms with Crippen LogP contribution in [-0.4, -0.2) is 19.6 Å². The third-order valence-electron chi connectivity index (χ3n) is 2.81. The summed E-state index contributed by atoms with van der Waals surface area (Å²) >= 11 is 0. The first-order valence-corrected chi connectivity index (χ1v) is 6.46. The van der Waals surface area contributed by atoms with E-state index in [0.717, 1.165) is 17.0 Å². The molecule has 2 aromatic rings. The maximum Gasteiger partial charge on any atom is 0.238 e. The van der Waals surface area contributed by atoms with Gasteiger partial charge in [0.1, 0.15) is 5.75 Å². The van der Waals surface area contributed by atoms with Gasteiger partial charge in [-0.3, -0.25) is 4.79 Å². The summed E-state index contributed by atoms with van der Waals surface area (Å²) < 4.78 is 5.11. The molecule has 5 heteroatoms. The van der Waals surface area contributed by atoms with Crippen molar-refractivity contribution in [3.05, 3.63) is 60.2 Å². The van der Waals surface area contributed by atoms with Gasteiger partial charge in [-0.1, -0.05) is 36.4 Å². The monoisotopic (exact) mass is 306 g/mol. The van der Waals surface area contributed by atoms with Gasteiger partial charge in [0.2, 0.25) is 5.91 Å². The molecule has 0 fully saturated rings. The molecule has 2 N–H and O–H groups in total. The van der Waals surface area contributed by atoms with Crippen LogP contribution in [0.4, 0.5) is 5.69 Å². The number of halogens is 1. The summed E-state index contributed by atoms with van der Waals surface area (Å²) in [6, 6.07) is 17.3. The van der Waals surface area contributed by atoms with E-state index in [-0.39, 0.29) is 24.9 Å². The summed E-state index contributed by atoms with van der Waals surface area (Å²) in [4.78, 5) is 11.8. The standard InChI is InChI=1S/C16H18N2O2.ClH/c1-20-15-9-5-8-14(10-15)18-16(19)12-17-11-13-6-3-2-4-7-13;/h2-10,17H,11-12H2,1H3,(H,18,19);1H. The molecular formula is C16H19ClN2O2. The van der Waals surface area contributed by atoms with Gasteiger partial charge in [0.05, 0.1) is 13.7 Å². The highest BCUT2D eigenvalue weighted by Crippen LogP contribution is 2.16. The lowest BCUT2D eigenvalue weighted by atomic mass is 10.2. The summed E-state index contributed by atoms with van der Waals surface area (Å²) in [6.07, 6.45) is 0. The fourth-order valence-corrected chi connectivity index (χ4v) is 1.82. The molecule has 0 unspecified atom stereocenters. The molecule has 0 radical (unpaired) electrons. The third-order valence-corrected chi connectivity index (χ3v) is 2.81. The Morgan fingerprint density at radius 3 is 2.57 bits per heavy atom. The predicted octanol–water partition coefficient (Wildman–Crippen LogP) is 2.85. The highest BCUT2D eigenvalue weighted by atomic mass is 35.5. The second-order valence-corrected chi connectivity index (χ2v) is 4.37. The normalized spacial score (nSPS) is 9.57. The highest BCUT2D eigenvalue weighted by molar-refractivity contribution is 5.92. The molecule has 0 atom stereocenters. The van der Waals surface area contributed by atoms with Crippen molar-refractivity contribution in [3.63, 3.8) is 0 Å². The minimum absolute atomic E-state index is 0. The number of methoxy groups -OCH3 is 1. The zero-order valence-corrected chi connectivity index (χ0v) is 12.7. The molecule has 2 rings (SSSR count). The van der Waals surface area contributed by atoms with E-state index in [1.807, 2.05) is 48.5 Å². The second kappa shape index (κ2) is 9.00. The fraction of sp³-hybridized carbons (Fsp3) is 0.188. The molecule has 0 spiro atoms. The van der Waals surface area contributed by atoms with Crippen molar-refractivity contribution >= 4 is 24.0 Å². The molecule has 0 aliphatic heterocycles. The van der Waals surface area contributed by atoms with Crippen LogP contribution in [0.1, 0.15) is 5.56 Å². The Balaban J connectivity index is 0.00000220. The van der Waals surface area contributed by atoms with Gasteiger partial charge in [0, 0.05) is 18.3 Å². The number of carbonyl (C=O) groups is 1. The lowest BCUT2D eigenvalue weighted by molar-refractivity contribution is -0.115. The molecule has 1 amide bonds. The Morgan fingerprint density at radius 2 is 1.86 bits per heavy atom. The molecule has 21 heavy (non-hydrogen) atoms. The average molecular weight is 307 g/mol. The van der Waals surface area contributed by atoms with E-state index in [2.05, 4.69) is 10.6 Å². The maximum absolute atomic E-state index is 11.8. The van der Waals surface area contributed by atoms with Crippen molar-refractivity contribution in [3.8, 4) is 5.75 Å². The van der Waals surface area contributed by atoms with Gasteiger partial charge in [-0.25, -0.2) is 0 Å². The Hall–Kier alpha value is -2.04. The van der Waals surface area contributed by atoms with E-state index < -0.39 is 0 Å². The average Bonchev–Trinajstić information content (AvgIpc) is 2.48. The van der Waals surface area contributed by atoms with Crippen LogP contribution in [0.5, 0.6) is 5.75 Å². The number of amides is 1. The van der Waals surface area contributed by atoms with Gasteiger partial charge < -0.3 is 15.4 Å². The van der Waals surface area contributed by atoms with Gasteiger partial charge >= 0.3 is 0 Å². The molecule has 0 bridgehead atoms. The van der Waals surface area contributed by atoms with E-state index in [0.29, 0.717) is 6.54 Å². The van der Waals surface area contributed by atoms with E-state index in [1.165, 1.54) is 0 Å². The molecule has 0 saturated heterocycles. The lowest BCUT2D eigenvalue weighted by Crippen LogP contribution is -2.27. The number of benzene rings is 2. The van der Waals surface area contributed by atoms with Crippen molar-refractivity contribution in [1.82, 2.24) is 5.32 Å².